The average Bonchev–Trinajstić information content (AvgIpc) is 2.03. The first-order chi connectivity index (χ1) is 5.35. The van der Waals surface area contributed by atoms with Crippen LogP contribution in [0.5, 0.6) is 0 Å². The van der Waals surface area contributed by atoms with Gasteiger partial charge in [0.2, 0.25) is 0 Å². The topological polar surface area (TPSA) is 49.9 Å². The van der Waals surface area contributed by atoms with Crippen LogP contribution in [-0.4, -0.2) is 12.8 Å². The van der Waals surface area contributed by atoms with Crippen LogP contribution < -0.4 is 5.73 Å². The van der Waals surface area contributed by atoms with Crippen molar-refractivity contribution in [2.24, 2.45) is 5.73 Å². The van der Waals surface area contributed by atoms with Gasteiger partial charge in [0.15, 0.2) is 0 Å². The third-order valence-electron chi connectivity index (χ3n) is 1.25. The van der Waals surface area contributed by atoms with Crippen LogP contribution in [0.25, 0.3) is 0 Å². The molecule has 2 nitrogen and oxygen atoms in total. The zero-order valence-corrected chi connectivity index (χ0v) is 7.01. The lowest BCUT2D eigenvalue weighted by Gasteiger charge is -1.89. The van der Waals surface area contributed by atoms with E-state index < -0.39 is 0 Å². The van der Waals surface area contributed by atoms with Gasteiger partial charge >= 0.3 is 0 Å². The summed E-state index contributed by atoms with van der Waals surface area (Å²) in [5, 5.41) is 7.02. The van der Waals surface area contributed by atoms with E-state index in [0.717, 1.165) is 18.4 Å². The van der Waals surface area contributed by atoms with E-state index in [4.69, 9.17) is 11.1 Å². The Hall–Kier alpha value is -0.890. The first-order valence-corrected chi connectivity index (χ1v) is 3.92. The van der Waals surface area contributed by atoms with Gasteiger partial charge in [0.05, 0.1) is 0 Å². The number of rotatable bonds is 5. The van der Waals surface area contributed by atoms with Gasteiger partial charge in [-0.2, -0.15) is 0 Å². The van der Waals surface area contributed by atoms with Crippen molar-refractivity contribution >= 4 is 6.21 Å². The molecule has 0 radical (unpaired) electrons. The standard InChI is InChI=1S/C9H16N2/c1-2-5-9(8-11)6-3-4-7-10/h3,5-6,8,11H,2,4,7,10H2,1H3/b6-3-,9-5+,11-8?. The van der Waals surface area contributed by atoms with Crippen molar-refractivity contribution in [3.05, 3.63) is 23.8 Å². The highest BCUT2D eigenvalue weighted by atomic mass is 14.5. The van der Waals surface area contributed by atoms with Crippen molar-refractivity contribution in [2.75, 3.05) is 6.54 Å². The fourth-order valence-electron chi connectivity index (χ4n) is 0.726. The second kappa shape index (κ2) is 7.22. The second-order valence-corrected chi connectivity index (χ2v) is 2.24. The highest BCUT2D eigenvalue weighted by Crippen LogP contribution is 1.95. The van der Waals surface area contributed by atoms with E-state index in [1.807, 2.05) is 18.2 Å². The Bertz CT molecular complexity index is 157. The first-order valence-electron chi connectivity index (χ1n) is 3.92. The molecule has 0 spiro atoms. The molecule has 0 saturated carbocycles. The summed E-state index contributed by atoms with van der Waals surface area (Å²) in [6.45, 7) is 2.73. The molecule has 0 aliphatic rings. The van der Waals surface area contributed by atoms with Crippen molar-refractivity contribution in [3.63, 3.8) is 0 Å². The minimum Gasteiger partial charge on any atom is -0.330 e. The van der Waals surface area contributed by atoms with Crippen molar-refractivity contribution in [1.82, 2.24) is 0 Å². The Morgan fingerprint density at radius 1 is 1.55 bits per heavy atom. The molecular formula is C9H16N2. The highest BCUT2D eigenvalue weighted by molar-refractivity contribution is 5.79. The molecule has 0 bridgehead atoms. The Balaban J connectivity index is 3.86. The summed E-state index contributed by atoms with van der Waals surface area (Å²) in [6.07, 6.45) is 9.15. The average molecular weight is 152 g/mol. The van der Waals surface area contributed by atoms with Crippen molar-refractivity contribution in [1.29, 1.82) is 5.41 Å². The Morgan fingerprint density at radius 3 is 2.73 bits per heavy atom. The maximum atomic E-state index is 7.02. The maximum Gasteiger partial charge on any atom is 0.0246 e. The number of allylic oxidation sites excluding steroid dienone is 3. The van der Waals surface area contributed by atoms with E-state index in [0.29, 0.717) is 6.54 Å². The van der Waals surface area contributed by atoms with E-state index in [-0.39, 0.29) is 0 Å². The van der Waals surface area contributed by atoms with Crippen LogP contribution in [0.2, 0.25) is 0 Å². The molecule has 0 unspecified atom stereocenters. The Morgan fingerprint density at radius 2 is 2.27 bits per heavy atom. The van der Waals surface area contributed by atoms with Crippen LogP contribution in [0.1, 0.15) is 19.8 Å². The number of nitrogens with two attached hydrogens (primary N) is 1. The molecule has 0 aromatic heterocycles. The van der Waals surface area contributed by atoms with Crippen LogP contribution >= 0.6 is 0 Å². The summed E-state index contributed by atoms with van der Waals surface area (Å²) in [5.74, 6) is 0. The highest BCUT2D eigenvalue weighted by Gasteiger charge is 1.82. The van der Waals surface area contributed by atoms with Gasteiger partial charge in [0.25, 0.3) is 0 Å². The minimum atomic E-state index is 0.675. The zero-order chi connectivity index (χ0) is 8.53. The third kappa shape index (κ3) is 5.55. The molecule has 0 fully saturated rings. The number of hydrogen-bond donors (Lipinski definition) is 2. The summed E-state index contributed by atoms with van der Waals surface area (Å²) in [7, 11) is 0. The molecule has 62 valence electrons. The minimum absolute atomic E-state index is 0.675. The lowest BCUT2D eigenvalue weighted by atomic mass is 10.2. The molecule has 0 aromatic rings. The lowest BCUT2D eigenvalue weighted by Crippen LogP contribution is -1.95. The van der Waals surface area contributed by atoms with Gasteiger partial charge in [-0.1, -0.05) is 25.2 Å². The van der Waals surface area contributed by atoms with E-state index >= 15 is 0 Å². The molecule has 0 aromatic carbocycles. The van der Waals surface area contributed by atoms with Gasteiger partial charge in [0.1, 0.15) is 0 Å². The summed E-state index contributed by atoms with van der Waals surface area (Å²) in [5.41, 5.74) is 6.26. The van der Waals surface area contributed by atoms with Crippen LogP contribution in [-0.2, 0) is 0 Å². The summed E-state index contributed by atoms with van der Waals surface area (Å²) in [4.78, 5) is 0. The van der Waals surface area contributed by atoms with Crippen LogP contribution in [0, 0.1) is 5.41 Å². The van der Waals surface area contributed by atoms with E-state index in [2.05, 4.69) is 6.92 Å². The van der Waals surface area contributed by atoms with Crippen molar-refractivity contribution in [3.8, 4) is 0 Å². The fourth-order valence-corrected chi connectivity index (χ4v) is 0.726. The molecule has 11 heavy (non-hydrogen) atoms. The second-order valence-electron chi connectivity index (χ2n) is 2.24. The normalized spacial score (nSPS) is 12.4. The van der Waals surface area contributed by atoms with Gasteiger partial charge in [-0.15, -0.1) is 0 Å². The molecule has 3 N–H and O–H groups in total. The molecule has 0 heterocycles. The zero-order valence-electron chi connectivity index (χ0n) is 7.01. The predicted molar refractivity (Wildman–Crippen MR) is 50.0 cm³/mol. The summed E-state index contributed by atoms with van der Waals surface area (Å²) in [6, 6.07) is 0. The fraction of sp³-hybridized carbons (Fsp3) is 0.444. The van der Waals surface area contributed by atoms with Crippen LogP contribution in [0.4, 0.5) is 0 Å². The number of hydrogen-bond acceptors (Lipinski definition) is 2. The lowest BCUT2D eigenvalue weighted by molar-refractivity contribution is 1.01. The molecule has 2 heteroatoms. The third-order valence-corrected chi connectivity index (χ3v) is 1.25. The molecule has 0 rings (SSSR count). The molecule has 0 aliphatic carbocycles. The van der Waals surface area contributed by atoms with E-state index in [1.54, 1.807) is 0 Å². The molecule has 0 atom stereocenters. The monoisotopic (exact) mass is 152 g/mol. The molecular weight excluding hydrogens is 136 g/mol. The molecule has 0 amide bonds. The molecule has 0 saturated heterocycles. The van der Waals surface area contributed by atoms with Gasteiger partial charge in [0, 0.05) is 6.21 Å². The number of nitrogens with one attached hydrogen (secondary N) is 1. The Labute approximate surface area is 68.3 Å². The quantitative estimate of drug-likeness (QED) is 0.458. The van der Waals surface area contributed by atoms with E-state index in [9.17, 15) is 0 Å². The SMILES string of the molecule is CC/C=C(C=N)\C=C/CCN. The van der Waals surface area contributed by atoms with Gasteiger partial charge in [-0.3, -0.25) is 0 Å². The Kier molecular flexibility index (Phi) is 6.64. The van der Waals surface area contributed by atoms with Crippen LogP contribution in [0.3, 0.4) is 0 Å². The first kappa shape index (κ1) is 10.1. The smallest absolute Gasteiger partial charge is 0.0246 e. The van der Waals surface area contributed by atoms with Crippen molar-refractivity contribution in [2.45, 2.75) is 19.8 Å². The van der Waals surface area contributed by atoms with Gasteiger partial charge in [-0.05, 0) is 25.0 Å². The maximum absolute atomic E-state index is 7.02. The van der Waals surface area contributed by atoms with E-state index in [1.165, 1.54) is 6.21 Å². The van der Waals surface area contributed by atoms with Gasteiger partial charge in [-0.25, -0.2) is 0 Å². The van der Waals surface area contributed by atoms with Gasteiger partial charge < -0.3 is 11.1 Å². The molecule has 0 aliphatic heterocycles. The predicted octanol–water partition coefficient (Wildman–Crippen LogP) is 1.88. The summed E-state index contributed by atoms with van der Waals surface area (Å²) >= 11 is 0. The van der Waals surface area contributed by atoms with Crippen molar-refractivity contribution < 1.29 is 0 Å². The summed E-state index contributed by atoms with van der Waals surface area (Å²) < 4.78 is 0. The largest absolute Gasteiger partial charge is 0.330 e. The van der Waals surface area contributed by atoms with Crippen LogP contribution in [0.15, 0.2) is 23.8 Å².